The maximum Gasteiger partial charge on any atom is 0.337 e. The molecule has 0 saturated carbocycles. The lowest BCUT2D eigenvalue weighted by Crippen LogP contribution is -2.46. The molecular formula is C37H37Cl2FN8O2. The number of carbonyl (C=O) groups is 1. The summed E-state index contributed by atoms with van der Waals surface area (Å²) in [6.45, 7) is 8.62. The van der Waals surface area contributed by atoms with Crippen LogP contribution in [-0.2, 0) is 4.74 Å². The molecular weight excluding hydrogens is 678 g/mol. The van der Waals surface area contributed by atoms with E-state index in [2.05, 4.69) is 52.4 Å². The van der Waals surface area contributed by atoms with Crippen LogP contribution >= 0.6 is 23.2 Å². The molecule has 0 aliphatic carbocycles. The molecule has 5 aromatic rings. The zero-order valence-corrected chi connectivity index (χ0v) is 29.9. The first-order valence-corrected chi connectivity index (χ1v) is 17.0. The first kappa shape index (κ1) is 35.1. The van der Waals surface area contributed by atoms with E-state index in [1.165, 1.54) is 31.5 Å². The fourth-order valence-electron chi connectivity index (χ4n) is 6.48. The van der Waals surface area contributed by atoms with Crippen LogP contribution < -0.4 is 10.2 Å². The third-order valence-electron chi connectivity index (χ3n) is 9.23. The van der Waals surface area contributed by atoms with E-state index >= 15 is 0 Å². The van der Waals surface area contributed by atoms with E-state index in [1.54, 1.807) is 24.3 Å². The van der Waals surface area contributed by atoms with Crippen LogP contribution in [0.5, 0.6) is 0 Å². The molecule has 1 aliphatic heterocycles. The molecule has 50 heavy (non-hydrogen) atoms. The number of benzene rings is 3. The van der Waals surface area contributed by atoms with Gasteiger partial charge in [-0.3, -0.25) is 9.88 Å². The highest BCUT2D eigenvalue weighted by atomic mass is 35.5. The molecule has 3 aromatic carbocycles. The Bertz CT molecular complexity index is 2100. The second kappa shape index (κ2) is 14.2. The van der Waals surface area contributed by atoms with Gasteiger partial charge in [0.15, 0.2) is 0 Å². The summed E-state index contributed by atoms with van der Waals surface area (Å²) in [6.07, 6.45) is 5.31. The summed E-state index contributed by atoms with van der Waals surface area (Å²) in [6, 6.07) is 17.0. The topological polar surface area (TPSA) is 112 Å². The number of esters is 1. The molecule has 1 saturated heterocycles. The minimum Gasteiger partial charge on any atom is -0.465 e. The van der Waals surface area contributed by atoms with Gasteiger partial charge in [-0.05, 0) is 81.6 Å². The number of anilines is 3. The van der Waals surface area contributed by atoms with E-state index in [-0.39, 0.29) is 22.2 Å². The number of fused-ring (bicyclic) bond motifs is 1. The van der Waals surface area contributed by atoms with Gasteiger partial charge in [0.05, 0.1) is 57.8 Å². The van der Waals surface area contributed by atoms with Gasteiger partial charge in [0.1, 0.15) is 17.6 Å². The number of hydrogen-bond donors (Lipinski definition) is 1. The average Bonchev–Trinajstić information content (AvgIpc) is 3.59. The van der Waals surface area contributed by atoms with Crippen LogP contribution in [0.2, 0.25) is 10.0 Å². The monoisotopic (exact) mass is 714 g/mol. The molecule has 10 nitrogen and oxygen atoms in total. The standard InChI is InChI=1S/C37H37Cl2FN8O2/c1-37(2,3)47-13-11-26(12-14-47)48-21-32(44-45-48)35(22-7-6-8-23(15-22)36(49)50-5)46(4)27-17-28-33(43-25-9-10-31(40)29(38)16-25)24(19-41)20-42-34(28)30(39)18-27/h6-10,15-18,20-21,26,35H,11-14H2,1-5H3,(H,42,43)/t35-/m0/s1. The Hall–Kier alpha value is -4.76. The van der Waals surface area contributed by atoms with Crippen LogP contribution in [0.3, 0.4) is 0 Å². The van der Waals surface area contributed by atoms with Crippen LogP contribution in [0.4, 0.5) is 21.5 Å². The highest BCUT2D eigenvalue weighted by Gasteiger charge is 2.30. The fraction of sp³-hybridized carbons (Fsp3) is 0.324. The van der Waals surface area contributed by atoms with Crippen LogP contribution in [-0.4, -0.2) is 63.6 Å². The number of pyridine rings is 1. The first-order valence-electron chi connectivity index (χ1n) is 16.2. The minimum atomic E-state index is -0.557. The molecule has 13 heteroatoms. The van der Waals surface area contributed by atoms with Gasteiger partial charge < -0.3 is 15.0 Å². The molecule has 0 radical (unpaired) electrons. The van der Waals surface area contributed by atoms with Crippen molar-refractivity contribution in [2.45, 2.75) is 51.2 Å². The second-order valence-electron chi connectivity index (χ2n) is 13.4. The zero-order chi connectivity index (χ0) is 35.7. The van der Waals surface area contributed by atoms with Gasteiger partial charge in [-0.25, -0.2) is 13.9 Å². The largest absolute Gasteiger partial charge is 0.465 e. The van der Waals surface area contributed by atoms with Crippen molar-refractivity contribution in [3.05, 3.63) is 105 Å². The Morgan fingerprint density at radius 3 is 2.56 bits per heavy atom. The zero-order valence-electron chi connectivity index (χ0n) is 28.4. The molecule has 0 bridgehead atoms. The Labute approximate surface area is 300 Å². The summed E-state index contributed by atoms with van der Waals surface area (Å²) < 4.78 is 20.9. The molecule has 0 spiro atoms. The molecule has 1 aliphatic rings. The molecule has 258 valence electrons. The molecule has 1 atom stereocenters. The second-order valence-corrected chi connectivity index (χ2v) is 14.2. The summed E-state index contributed by atoms with van der Waals surface area (Å²) in [4.78, 5) is 21.6. The quantitative estimate of drug-likeness (QED) is 0.159. The predicted octanol–water partition coefficient (Wildman–Crippen LogP) is 8.34. The van der Waals surface area contributed by atoms with Crippen molar-refractivity contribution in [3.8, 4) is 6.07 Å². The van der Waals surface area contributed by atoms with Gasteiger partial charge in [-0.2, -0.15) is 5.26 Å². The number of rotatable bonds is 8. The molecule has 0 amide bonds. The van der Waals surface area contributed by atoms with Gasteiger partial charge in [-0.15, -0.1) is 5.10 Å². The lowest BCUT2D eigenvalue weighted by Gasteiger charge is -2.40. The first-order chi connectivity index (χ1) is 23.9. The van der Waals surface area contributed by atoms with Crippen molar-refractivity contribution in [1.29, 1.82) is 5.26 Å². The number of methoxy groups -OCH3 is 1. The van der Waals surface area contributed by atoms with E-state index < -0.39 is 17.8 Å². The van der Waals surface area contributed by atoms with Crippen LogP contribution in [0.1, 0.15) is 72.9 Å². The highest BCUT2D eigenvalue weighted by Crippen LogP contribution is 2.40. The molecule has 1 fully saturated rings. The number of ether oxygens (including phenoxy) is 1. The molecule has 2 aromatic heterocycles. The molecule has 3 heterocycles. The Morgan fingerprint density at radius 1 is 1.12 bits per heavy atom. The highest BCUT2D eigenvalue weighted by molar-refractivity contribution is 6.36. The third-order valence-corrected chi connectivity index (χ3v) is 9.81. The number of hydrogen-bond acceptors (Lipinski definition) is 9. The van der Waals surface area contributed by atoms with E-state index in [9.17, 15) is 14.4 Å². The average molecular weight is 716 g/mol. The Balaban J connectivity index is 1.43. The SMILES string of the molecule is COC(=O)c1cccc([C@@H](c2cn(C3CCN(C(C)(C)C)CC3)nn2)N(C)c2cc(Cl)c3ncc(C#N)c(Nc4ccc(F)c(Cl)c4)c3c2)c1. The number of piperidine rings is 1. The third kappa shape index (κ3) is 7.10. The fourth-order valence-corrected chi connectivity index (χ4v) is 6.92. The van der Waals surface area contributed by atoms with E-state index in [0.29, 0.717) is 44.2 Å². The van der Waals surface area contributed by atoms with E-state index in [0.717, 1.165) is 31.5 Å². The number of aromatic nitrogens is 4. The normalized spacial score (nSPS) is 14.7. The minimum absolute atomic E-state index is 0.0600. The van der Waals surface area contributed by atoms with Gasteiger partial charge in [0, 0.05) is 48.6 Å². The van der Waals surface area contributed by atoms with E-state index in [4.69, 9.17) is 27.9 Å². The van der Waals surface area contributed by atoms with Crippen LogP contribution in [0, 0.1) is 17.1 Å². The number of nitrogens with one attached hydrogen (secondary N) is 1. The number of carbonyl (C=O) groups excluding carboxylic acids is 1. The van der Waals surface area contributed by atoms with Crippen molar-refractivity contribution in [2.75, 3.05) is 37.5 Å². The van der Waals surface area contributed by atoms with Crippen molar-refractivity contribution < 1.29 is 13.9 Å². The van der Waals surface area contributed by atoms with Gasteiger partial charge in [0.25, 0.3) is 0 Å². The maximum absolute atomic E-state index is 14.0. The lowest BCUT2D eigenvalue weighted by atomic mass is 9.97. The van der Waals surface area contributed by atoms with Crippen molar-refractivity contribution in [1.82, 2.24) is 24.9 Å². The molecule has 0 unspecified atom stereocenters. The lowest BCUT2D eigenvalue weighted by molar-refractivity contribution is 0.0600. The molecule has 1 N–H and O–H groups in total. The number of halogens is 3. The van der Waals surface area contributed by atoms with Crippen LogP contribution in [0.15, 0.2) is 67.0 Å². The van der Waals surface area contributed by atoms with Gasteiger partial charge in [-0.1, -0.05) is 40.5 Å². The molecule has 6 rings (SSSR count). The van der Waals surface area contributed by atoms with Crippen molar-refractivity contribution in [3.63, 3.8) is 0 Å². The Kier molecular flexibility index (Phi) is 9.98. The number of likely N-dealkylation sites (tertiary alicyclic amines) is 1. The number of nitrogens with zero attached hydrogens (tertiary/aromatic N) is 7. The summed E-state index contributed by atoms with van der Waals surface area (Å²) in [5.41, 5.74) is 4.29. The van der Waals surface area contributed by atoms with Gasteiger partial charge >= 0.3 is 5.97 Å². The Morgan fingerprint density at radius 2 is 1.88 bits per heavy atom. The smallest absolute Gasteiger partial charge is 0.337 e. The van der Waals surface area contributed by atoms with Crippen molar-refractivity contribution >= 4 is 57.1 Å². The predicted molar refractivity (Wildman–Crippen MR) is 194 cm³/mol. The summed E-state index contributed by atoms with van der Waals surface area (Å²) in [5, 5.41) is 23.4. The van der Waals surface area contributed by atoms with Gasteiger partial charge in [0.2, 0.25) is 0 Å². The maximum atomic E-state index is 14.0. The van der Waals surface area contributed by atoms with Crippen LogP contribution in [0.25, 0.3) is 10.9 Å². The van der Waals surface area contributed by atoms with Crippen molar-refractivity contribution in [2.24, 2.45) is 0 Å². The summed E-state index contributed by atoms with van der Waals surface area (Å²) in [5.74, 6) is -1.01. The summed E-state index contributed by atoms with van der Waals surface area (Å²) in [7, 11) is 3.25. The number of nitriles is 1. The van der Waals surface area contributed by atoms with E-state index in [1.807, 2.05) is 35.0 Å². The summed E-state index contributed by atoms with van der Waals surface area (Å²) >= 11 is 13.0.